The summed E-state index contributed by atoms with van der Waals surface area (Å²) in [5.74, 6) is 2.45. The Morgan fingerprint density at radius 3 is 1.73 bits per heavy atom. The summed E-state index contributed by atoms with van der Waals surface area (Å²) in [7, 11) is 0. The quantitative estimate of drug-likeness (QED) is 0.177. The first kappa shape index (κ1) is 37.1. The molecular weight excluding hydrogens is 803 g/mol. The smallest absolute Gasteiger partial charge is 0.160 e. The molecule has 2 aromatic heterocycles. The third-order valence-electron chi connectivity index (χ3n) is 14.7. The summed E-state index contributed by atoms with van der Waals surface area (Å²) >= 11 is 0. The molecule has 0 unspecified atom stereocenters. The molecule has 14 rings (SSSR count). The molecule has 3 heterocycles. The van der Waals surface area contributed by atoms with Gasteiger partial charge in [-0.1, -0.05) is 178 Å². The van der Waals surface area contributed by atoms with Crippen molar-refractivity contribution in [2.24, 2.45) is 0 Å². The van der Waals surface area contributed by atoms with Crippen molar-refractivity contribution >= 4 is 21.8 Å². The van der Waals surface area contributed by atoms with Gasteiger partial charge in [0.05, 0.1) is 27.8 Å². The predicted molar refractivity (Wildman–Crippen MR) is 268 cm³/mol. The van der Waals surface area contributed by atoms with Crippen LogP contribution in [-0.4, -0.2) is 14.5 Å². The van der Waals surface area contributed by atoms with Gasteiger partial charge in [0.1, 0.15) is 11.5 Å². The molecule has 0 saturated carbocycles. The van der Waals surface area contributed by atoms with Crippen molar-refractivity contribution in [2.75, 3.05) is 0 Å². The number of hydrogen-bond donors (Lipinski definition) is 0. The molecule has 66 heavy (non-hydrogen) atoms. The summed E-state index contributed by atoms with van der Waals surface area (Å²) in [5.41, 5.74) is 20.1. The first-order valence-electron chi connectivity index (χ1n) is 22.8. The van der Waals surface area contributed by atoms with Crippen molar-refractivity contribution in [2.45, 2.75) is 24.7 Å². The second-order valence-corrected chi connectivity index (χ2v) is 18.4. The molecule has 0 radical (unpaired) electrons. The molecule has 0 bridgehead atoms. The standard InChI is InChI=1S/C62H41N3O/c1-61(2)46-23-11-10-22-43(46)58-51(61)33-34-54-59(58)44-31-29-39(36-55(44)65(54)41-19-7-4-8-20-41)53-37-52(38-17-5-3-6-18-38)63-60(64-53)40-30-32-48-45(35-40)42-21-9-12-24-47(42)62(48)49-25-13-15-27-56(49)66-57-28-16-14-26-50(57)62/h3-37H,1-2H3. The van der Waals surface area contributed by atoms with Crippen molar-refractivity contribution < 1.29 is 4.74 Å². The number of para-hydroxylation sites is 3. The molecule has 0 amide bonds. The van der Waals surface area contributed by atoms with Gasteiger partial charge in [-0.05, 0) is 93.0 Å². The maximum absolute atomic E-state index is 6.59. The third-order valence-corrected chi connectivity index (χ3v) is 14.7. The highest BCUT2D eigenvalue weighted by Gasteiger charge is 2.51. The predicted octanol–water partition coefficient (Wildman–Crippen LogP) is 15.3. The highest BCUT2D eigenvalue weighted by molar-refractivity contribution is 6.18. The molecule has 9 aromatic carbocycles. The maximum Gasteiger partial charge on any atom is 0.160 e. The van der Waals surface area contributed by atoms with Crippen LogP contribution in [0.25, 0.3) is 83.6 Å². The summed E-state index contributed by atoms with van der Waals surface area (Å²) in [6.45, 7) is 4.71. The van der Waals surface area contributed by atoms with Crippen molar-refractivity contribution in [1.82, 2.24) is 14.5 Å². The van der Waals surface area contributed by atoms with E-state index in [9.17, 15) is 0 Å². The molecule has 0 fully saturated rings. The molecule has 11 aromatic rings. The number of benzene rings is 9. The lowest BCUT2D eigenvalue weighted by molar-refractivity contribution is 0.436. The van der Waals surface area contributed by atoms with Crippen LogP contribution in [0.5, 0.6) is 11.5 Å². The Balaban J connectivity index is 0.992. The zero-order valence-corrected chi connectivity index (χ0v) is 36.5. The van der Waals surface area contributed by atoms with Gasteiger partial charge in [0.25, 0.3) is 0 Å². The first-order chi connectivity index (χ1) is 32.5. The van der Waals surface area contributed by atoms with Gasteiger partial charge in [0.2, 0.25) is 0 Å². The molecule has 2 aliphatic carbocycles. The van der Waals surface area contributed by atoms with E-state index < -0.39 is 5.41 Å². The van der Waals surface area contributed by atoms with Gasteiger partial charge in [-0.15, -0.1) is 0 Å². The Bertz CT molecular complexity index is 3780. The van der Waals surface area contributed by atoms with Crippen molar-refractivity contribution in [3.63, 3.8) is 0 Å². The maximum atomic E-state index is 6.59. The summed E-state index contributed by atoms with van der Waals surface area (Å²) in [5, 5.41) is 2.51. The van der Waals surface area contributed by atoms with E-state index in [1.807, 2.05) is 0 Å². The Labute approximate surface area is 383 Å². The normalized spacial score (nSPS) is 14.3. The van der Waals surface area contributed by atoms with E-state index in [0.29, 0.717) is 5.82 Å². The molecule has 1 aliphatic heterocycles. The highest BCUT2D eigenvalue weighted by Crippen LogP contribution is 2.62. The number of aromatic nitrogens is 3. The van der Waals surface area contributed by atoms with Gasteiger partial charge in [0.15, 0.2) is 5.82 Å². The van der Waals surface area contributed by atoms with Crippen LogP contribution in [0.1, 0.15) is 47.2 Å². The largest absolute Gasteiger partial charge is 0.457 e. The molecular formula is C62H41N3O. The zero-order chi connectivity index (χ0) is 43.7. The monoisotopic (exact) mass is 843 g/mol. The fourth-order valence-corrected chi connectivity index (χ4v) is 11.8. The minimum Gasteiger partial charge on any atom is -0.457 e. The number of fused-ring (bicyclic) bond motifs is 16. The summed E-state index contributed by atoms with van der Waals surface area (Å²) < 4.78 is 9.03. The van der Waals surface area contributed by atoms with Gasteiger partial charge in [-0.3, -0.25) is 0 Å². The molecule has 310 valence electrons. The molecule has 4 heteroatoms. The van der Waals surface area contributed by atoms with E-state index >= 15 is 0 Å². The van der Waals surface area contributed by atoms with Crippen molar-refractivity contribution in [1.29, 1.82) is 0 Å². The van der Waals surface area contributed by atoms with Gasteiger partial charge in [0, 0.05) is 49.7 Å². The number of nitrogens with zero attached hydrogens (tertiary/aromatic N) is 3. The third kappa shape index (κ3) is 4.98. The minimum absolute atomic E-state index is 0.105. The Kier molecular flexibility index (Phi) is 7.63. The molecule has 3 aliphatic rings. The fourth-order valence-electron chi connectivity index (χ4n) is 11.8. The highest BCUT2D eigenvalue weighted by atomic mass is 16.5. The van der Waals surface area contributed by atoms with Crippen LogP contribution in [0.4, 0.5) is 0 Å². The SMILES string of the molecule is CC1(C)c2ccccc2-c2c1ccc1c2c2ccc(-c3cc(-c4ccccc4)nc(-c4ccc5c(c4)-c4ccccc4C54c5ccccc5Oc5ccccc54)n3)cc2n1-c1ccccc1. The lowest BCUT2D eigenvalue weighted by Gasteiger charge is -2.39. The van der Waals surface area contributed by atoms with Crippen LogP contribution in [0.2, 0.25) is 0 Å². The van der Waals surface area contributed by atoms with Gasteiger partial charge < -0.3 is 9.30 Å². The second kappa shape index (κ2) is 13.6. The van der Waals surface area contributed by atoms with Crippen molar-refractivity contribution in [3.8, 4) is 73.3 Å². The van der Waals surface area contributed by atoms with E-state index in [2.05, 4.69) is 231 Å². The lowest BCUT2D eigenvalue weighted by atomic mass is 9.66. The van der Waals surface area contributed by atoms with Crippen LogP contribution in [0, 0.1) is 0 Å². The second-order valence-electron chi connectivity index (χ2n) is 18.4. The molecule has 0 atom stereocenters. The van der Waals surface area contributed by atoms with Crippen LogP contribution in [-0.2, 0) is 10.8 Å². The molecule has 4 nitrogen and oxygen atoms in total. The minimum atomic E-state index is -0.543. The Morgan fingerprint density at radius 1 is 0.409 bits per heavy atom. The Hall–Kier alpha value is -8.34. The molecule has 0 N–H and O–H groups in total. The zero-order valence-electron chi connectivity index (χ0n) is 36.5. The van der Waals surface area contributed by atoms with E-state index in [0.717, 1.165) is 61.9 Å². The van der Waals surface area contributed by atoms with Crippen LogP contribution >= 0.6 is 0 Å². The average Bonchev–Trinajstić information content (AvgIpc) is 3.95. The van der Waals surface area contributed by atoms with Gasteiger partial charge in [-0.25, -0.2) is 9.97 Å². The lowest BCUT2D eigenvalue weighted by Crippen LogP contribution is -2.32. The summed E-state index contributed by atoms with van der Waals surface area (Å²) in [6.07, 6.45) is 0. The van der Waals surface area contributed by atoms with Crippen molar-refractivity contribution in [3.05, 3.63) is 246 Å². The van der Waals surface area contributed by atoms with E-state index in [1.165, 1.54) is 60.8 Å². The Morgan fingerprint density at radius 2 is 0.985 bits per heavy atom. The summed E-state index contributed by atoms with van der Waals surface area (Å²) in [6, 6.07) is 76.7. The van der Waals surface area contributed by atoms with Crippen LogP contribution in [0.15, 0.2) is 212 Å². The number of hydrogen-bond acceptors (Lipinski definition) is 3. The van der Waals surface area contributed by atoms with Crippen LogP contribution in [0.3, 0.4) is 0 Å². The summed E-state index contributed by atoms with van der Waals surface area (Å²) in [4.78, 5) is 10.8. The topological polar surface area (TPSA) is 39.9 Å². The fraction of sp³-hybridized carbons (Fsp3) is 0.0645. The van der Waals surface area contributed by atoms with E-state index in [4.69, 9.17) is 14.7 Å². The number of ether oxygens (including phenoxy) is 1. The van der Waals surface area contributed by atoms with Gasteiger partial charge in [-0.2, -0.15) is 0 Å². The van der Waals surface area contributed by atoms with Gasteiger partial charge >= 0.3 is 0 Å². The average molecular weight is 844 g/mol. The molecule has 0 saturated heterocycles. The van der Waals surface area contributed by atoms with E-state index in [1.54, 1.807) is 0 Å². The first-order valence-corrected chi connectivity index (χ1v) is 22.8. The van der Waals surface area contributed by atoms with E-state index in [-0.39, 0.29) is 5.41 Å². The number of rotatable bonds is 4. The van der Waals surface area contributed by atoms with Crippen LogP contribution < -0.4 is 4.74 Å². The molecule has 1 spiro atoms.